The third-order valence-corrected chi connectivity index (χ3v) is 3.97. The lowest BCUT2D eigenvalue weighted by Gasteiger charge is -2.19. The highest BCUT2D eigenvalue weighted by Gasteiger charge is 2.31. The molecular weight excluding hydrogens is 238 g/mol. The van der Waals surface area contributed by atoms with Crippen molar-refractivity contribution in [3.63, 3.8) is 0 Å². The minimum Gasteiger partial charge on any atom is -0.392 e. The molecule has 19 heavy (non-hydrogen) atoms. The molecule has 2 heterocycles. The van der Waals surface area contributed by atoms with E-state index in [1.165, 1.54) is 10.9 Å². The molecule has 3 nitrogen and oxygen atoms in total. The summed E-state index contributed by atoms with van der Waals surface area (Å²) in [7, 11) is 0. The molecule has 3 heteroatoms. The zero-order chi connectivity index (χ0) is 13.5. The molecule has 1 atom stereocenters. The first-order valence-electron chi connectivity index (χ1n) is 6.94. The fourth-order valence-corrected chi connectivity index (χ4v) is 2.93. The molecule has 1 saturated heterocycles. The third kappa shape index (κ3) is 2.53. The Bertz CT molecular complexity index is 585. The van der Waals surface area contributed by atoms with Crippen LogP contribution in [0.15, 0.2) is 30.5 Å². The quantitative estimate of drug-likeness (QED) is 0.919. The minimum atomic E-state index is 0.0255. The van der Waals surface area contributed by atoms with Gasteiger partial charge in [0.1, 0.15) is 0 Å². The van der Waals surface area contributed by atoms with Gasteiger partial charge in [-0.2, -0.15) is 0 Å². The van der Waals surface area contributed by atoms with E-state index in [-0.39, 0.29) is 12.2 Å². The van der Waals surface area contributed by atoms with Gasteiger partial charge in [0.2, 0.25) is 0 Å². The van der Waals surface area contributed by atoms with Crippen LogP contribution in [0.3, 0.4) is 0 Å². The highest BCUT2D eigenvalue weighted by molar-refractivity contribution is 5.80. The molecule has 1 fully saturated rings. The van der Waals surface area contributed by atoms with E-state index in [1.807, 2.05) is 12.1 Å². The van der Waals surface area contributed by atoms with Crippen molar-refractivity contribution < 1.29 is 9.84 Å². The van der Waals surface area contributed by atoms with Crippen molar-refractivity contribution in [3.8, 4) is 0 Å². The Morgan fingerprint density at radius 3 is 2.89 bits per heavy atom. The maximum absolute atomic E-state index is 9.16. The van der Waals surface area contributed by atoms with Crippen molar-refractivity contribution in [2.24, 2.45) is 0 Å². The van der Waals surface area contributed by atoms with Crippen LogP contribution < -0.4 is 0 Å². The average molecular weight is 259 g/mol. The Kier molecular flexibility index (Phi) is 3.11. The van der Waals surface area contributed by atoms with E-state index in [0.29, 0.717) is 6.10 Å². The van der Waals surface area contributed by atoms with Gasteiger partial charge in [0.15, 0.2) is 0 Å². The molecule has 0 radical (unpaired) electrons. The number of aromatic nitrogens is 1. The summed E-state index contributed by atoms with van der Waals surface area (Å²) in [5.41, 5.74) is 2.20. The number of rotatable bonds is 3. The van der Waals surface area contributed by atoms with Gasteiger partial charge in [-0.1, -0.05) is 6.07 Å². The first-order chi connectivity index (χ1) is 9.07. The highest BCUT2D eigenvalue weighted by atomic mass is 16.5. The van der Waals surface area contributed by atoms with Crippen LogP contribution in [0.25, 0.3) is 10.9 Å². The van der Waals surface area contributed by atoms with Gasteiger partial charge in [-0.15, -0.1) is 0 Å². The second-order valence-electron chi connectivity index (χ2n) is 6.06. The van der Waals surface area contributed by atoms with Gasteiger partial charge in [-0.3, -0.25) is 0 Å². The maximum Gasteiger partial charge on any atom is 0.0762 e. The maximum atomic E-state index is 9.16. The van der Waals surface area contributed by atoms with Crippen molar-refractivity contribution in [1.29, 1.82) is 0 Å². The van der Waals surface area contributed by atoms with Gasteiger partial charge in [0.25, 0.3) is 0 Å². The van der Waals surface area contributed by atoms with Crippen molar-refractivity contribution in [1.82, 2.24) is 4.57 Å². The summed E-state index contributed by atoms with van der Waals surface area (Å²) in [6.07, 6.45) is 4.68. The lowest BCUT2D eigenvalue weighted by atomic mass is 10.1. The number of benzene rings is 1. The molecule has 0 aliphatic carbocycles. The van der Waals surface area contributed by atoms with Crippen LogP contribution in [0.1, 0.15) is 32.3 Å². The number of aliphatic hydroxyl groups excluding tert-OH is 1. The Labute approximate surface area is 113 Å². The SMILES string of the molecule is CC1(C)CCC(Cn2ccc3cc(CO)ccc32)O1. The number of fused-ring (bicyclic) bond motifs is 1. The first-order valence-corrected chi connectivity index (χ1v) is 6.94. The van der Waals surface area contributed by atoms with Crippen LogP contribution in [-0.2, 0) is 17.9 Å². The third-order valence-electron chi connectivity index (χ3n) is 3.97. The van der Waals surface area contributed by atoms with E-state index >= 15 is 0 Å². The molecule has 0 bridgehead atoms. The Morgan fingerprint density at radius 2 is 2.21 bits per heavy atom. The second-order valence-corrected chi connectivity index (χ2v) is 6.06. The molecule has 102 valence electrons. The standard InChI is InChI=1S/C16H21NO2/c1-16(2)7-5-14(19-16)10-17-8-6-13-9-12(11-18)3-4-15(13)17/h3-4,6,8-9,14,18H,5,7,10-11H2,1-2H3. The Hall–Kier alpha value is -1.32. The van der Waals surface area contributed by atoms with Crippen LogP contribution in [-0.4, -0.2) is 21.4 Å². The molecule has 1 N–H and O–H groups in total. The zero-order valence-corrected chi connectivity index (χ0v) is 11.6. The van der Waals surface area contributed by atoms with Gasteiger partial charge in [0, 0.05) is 18.3 Å². The van der Waals surface area contributed by atoms with Crippen LogP contribution in [0.2, 0.25) is 0 Å². The van der Waals surface area contributed by atoms with E-state index in [1.54, 1.807) is 0 Å². The molecule has 0 amide bonds. The number of nitrogens with zero attached hydrogens (tertiary/aromatic N) is 1. The number of hydrogen-bond acceptors (Lipinski definition) is 2. The molecular formula is C16H21NO2. The number of hydrogen-bond donors (Lipinski definition) is 1. The van der Waals surface area contributed by atoms with Crippen LogP contribution in [0.5, 0.6) is 0 Å². The first kappa shape index (κ1) is 12.7. The summed E-state index contributed by atoms with van der Waals surface area (Å²) in [6.45, 7) is 5.33. The van der Waals surface area contributed by atoms with Gasteiger partial charge in [0.05, 0.1) is 18.3 Å². The van der Waals surface area contributed by atoms with Crippen molar-refractivity contribution in [2.75, 3.05) is 0 Å². The summed E-state index contributed by atoms with van der Waals surface area (Å²) >= 11 is 0. The smallest absolute Gasteiger partial charge is 0.0762 e. The molecule has 0 spiro atoms. The van der Waals surface area contributed by atoms with E-state index in [0.717, 1.165) is 24.9 Å². The van der Waals surface area contributed by atoms with E-state index in [2.05, 4.69) is 36.7 Å². The summed E-state index contributed by atoms with van der Waals surface area (Å²) in [5, 5.41) is 10.3. The van der Waals surface area contributed by atoms with E-state index in [4.69, 9.17) is 9.84 Å². The summed E-state index contributed by atoms with van der Waals surface area (Å²) < 4.78 is 8.31. The topological polar surface area (TPSA) is 34.4 Å². The fourth-order valence-electron chi connectivity index (χ4n) is 2.93. The molecule has 1 aliphatic rings. The van der Waals surface area contributed by atoms with Gasteiger partial charge < -0.3 is 14.4 Å². The zero-order valence-electron chi connectivity index (χ0n) is 11.6. The predicted molar refractivity (Wildman–Crippen MR) is 76.0 cm³/mol. The summed E-state index contributed by atoms with van der Waals surface area (Å²) in [5.74, 6) is 0. The molecule has 1 aliphatic heterocycles. The molecule has 1 aromatic carbocycles. The largest absolute Gasteiger partial charge is 0.392 e. The molecule has 0 saturated carbocycles. The van der Waals surface area contributed by atoms with E-state index < -0.39 is 0 Å². The number of aliphatic hydroxyl groups is 1. The summed E-state index contributed by atoms with van der Waals surface area (Å²) in [6, 6.07) is 8.22. The lowest BCUT2D eigenvalue weighted by Crippen LogP contribution is -2.22. The van der Waals surface area contributed by atoms with Gasteiger partial charge >= 0.3 is 0 Å². The monoisotopic (exact) mass is 259 g/mol. The second kappa shape index (κ2) is 4.66. The van der Waals surface area contributed by atoms with Gasteiger partial charge in [-0.25, -0.2) is 0 Å². The van der Waals surface area contributed by atoms with Gasteiger partial charge in [-0.05, 0) is 55.8 Å². The van der Waals surface area contributed by atoms with Crippen LogP contribution in [0.4, 0.5) is 0 Å². The Morgan fingerprint density at radius 1 is 1.37 bits per heavy atom. The molecule has 1 aromatic heterocycles. The van der Waals surface area contributed by atoms with Crippen molar-refractivity contribution >= 4 is 10.9 Å². The molecule has 1 unspecified atom stereocenters. The Balaban J connectivity index is 1.82. The van der Waals surface area contributed by atoms with Crippen LogP contribution >= 0.6 is 0 Å². The lowest BCUT2D eigenvalue weighted by molar-refractivity contribution is -0.0212. The highest BCUT2D eigenvalue weighted by Crippen LogP contribution is 2.31. The molecule has 3 rings (SSSR count). The fraction of sp³-hybridized carbons (Fsp3) is 0.500. The van der Waals surface area contributed by atoms with Crippen molar-refractivity contribution in [3.05, 3.63) is 36.0 Å². The summed E-state index contributed by atoms with van der Waals surface area (Å²) in [4.78, 5) is 0. The predicted octanol–water partition coefficient (Wildman–Crippen LogP) is 3.09. The molecule has 2 aromatic rings. The van der Waals surface area contributed by atoms with Crippen LogP contribution in [0, 0.1) is 0 Å². The minimum absolute atomic E-state index is 0.0255. The average Bonchev–Trinajstić information content (AvgIpc) is 2.93. The van der Waals surface area contributed by atoms with Crippen molar-refractivity contribution in [2.45, 2.75) is 51.5 Å². The van der Waals surface area contributed by atoms with E-state index in [9.17, 15) is 0 Å². The normalized spacial score (nSPS) is 22.2. The number of ether oxygens (including phenoxy) is 1.